The molecule has 0 bridgehead atoms. The highest BCUT2D eigenvalue weighted by Crippen LogP contribution is 2.21. The number of aromatic nitrogens is 2. The monoisotopic (exact) mass is 408 g/mol. The minimum absolute atomic E-state index is 0.187. The molecule has 1 atom stereocenters. The Labute approximate surface area is 172 Å². The lowest BCUT2D eigenvalue weighted by molar-refractivity contribution is -0.116. The van der Waals surface area contributed by atoms with Gasteiger partial charge in [0.05, 0.1) is 18.3 Å². The van der Waals surface area contributed by atoms with E-state index in [1.807, 2.05) is 35.2 Å². The predicted octanol–water partition coefficient (Wildman–Crippen LogP) is 1.42. The minimum Gasteiger partial charge on any atom is -0.465 e. The molecule has 4 rings (SSSR count). The van der Waals surface area contributed by atoms with Crippen LogP contribution in [0.25, 0.3) is 6.08 Å². The molecular weight excluding hydrogens is 388 g/mol. The number of nitrogens with one attached hydrogen (secondary N) is 2. The number of amides is 4. The van der Waals surface area contributed by atoms with Gasteiger partial charge in [0.2, 0.25) is 5.95 Å². The van der Waals surface area contributed by atoms with Gasteiger partial charge < -0.3 is 15.3 Å². The molecule has 4 amide bonds. The summed E-state index contributed by atoms with van der Waals surface area (Å²) in [7, 11) is 0. The summed E-state index contributed by atoms with van der Waals surface area (Å²) in [5.41, 5.74) is 1.58. The normalized spacial score (nSPS) is 20.0. The van der Waals surface area contributed by atoms with Crippen molar-refractivity contribution in [2.45, 2.75) is 19.0 Å². The molecule has 1 aromatic carbocycles. The second kappa shape index (κ2) is 8.19. The summed E-state index contributed by atoms with van der Waals surface area (Å²) < 4.78 is 0. The summed E-state index contributed by atoms with van der Waals surface area (Å²) in [6.45, 7) is 1.34. The topological polar surface area (TPSA) is 128 Å². The molecule has 2 aromatic rings. The van der Waals surface area contributed by atoms with Crippen LogP contribution in [0.15, 0.2) is 48.3 Å². The van der Waals surface area contributed by atoms with Crippen LogP contribution in [0, 0.1) is 0 Å². The molecule has 2 fully saturated rings. The molecule has 2 aliphatic heterocycles. The van der Waals surface area contributed by atoms with Crippen molar-refractivity contribution < 1.29 is 19.5 Å². The lowest BCUT2D eigenvalue weighted by Crippen LogP contribution is -2.36. The molecule has 0 spiro atoms. The molecule has 1 unspecified atom stereocenters. The minimum atomic E-state index is -1.06. The van der Waals surface area contributed by atoms with Crippen LogP contribution in [0.3, 0.4) is 0 Å². The van der Waals surface area contributed by atoms with Gasteiger partial charge in [-0.3, -0.25) is 15.0 Å². The van der Waals surface area contributed by atoms with Crippen molar-refractivity contribution in [3.8, 4) is 0 Å². The number of benzene rings is 1. The molecule has 154 valence electrons. The summed E-state index contributed by atoms with van der Waals surface area (Å²) in [6, 6.07) is 10.4. The van der Waals surface area contributed by atoms with E-state index < -0.39 is 18.0 Å². The Bertz CT molecular complexity index is 1010. The first-order valence-corrected chi connectivity index (χ1v) is 9.45. The predicted molar refractivity (Wildman–Crippen MR) is 107 cm³/mol. The third kappa shape index (κ3) is 4.22. The number of anilines is 1. The van der Waals surface area contributed by atoms with E-state index in [1.54, 1.807) is 18.3 Å². The van der Waals surface area contributed by atoms with Crippen molar-refractivity contribution in [2.24, 2.45) is 0 Å². The standard InChI is InChI=1S/C20H20N6O4/c27-17-16(26(19(28)24-17)11-13-4-2-1-3-5-13)10-14-6-8-21-18(22-14)25-9-7-15(12-25)23-20(29)30/h1-6,8,10,15,23H,7,9,11-12H2,(H,29,30)(H,24,27,28). The maximum absolute atomic E-state index is 12.3. The molecule has 0 saturated carbocycles. The van der Waals surface area contributed by atoms with Gasteiger partial charge in [0.1, 0.15) is 5.70 Å². The molecule has 10 heteroatoms. The van der Waals surface area contributed by atoms with E-state index in [1.165, 1.54) is 4.90 Å². The van der Waals surface area contributed by atoms with Crippen LogP contribution in [0.5, 0.6) is 0 Å². The Balaban J connectivity index is 1.54. The van der Waals surface area contributed by atoms with Crippen molar-refractivity contribution in [3.05, 3.63) is 59.5 Å². The van der Waals surface area contributed by atoms with Gasteiger partial charge >= 0.3 is 12.1 Å². The van der Waals surface area contributed by atoms with E-state index in [2.05, 4.69) is 20.6 Å². The highest BCUT2D eigenvalue weighted by Gasteiger charge is 2.33. The lowest BCUT2D eigenvalue weighted by atomic mass is 10.2. The Kier molecular flexibility index (Phi) is 5.29. The van der Waals surface area contributed by atoms with Gasteiger partial charge in [0.25, 0.3) is 5.91 Å². The summed E-state index contributed by atoms with van der Waals surface area (Å²) >= 11 is 0. The summed E-state index contributed by atoms with van der Waals surface area (Å²) in [5, 5.41) is 13.7. The van der Waals surface area contributed by atoms with Crippen molar-refractivity contribution in [2.75, 3.05) is 18.0 Å². The van der Waals surface area contributed by atoms with E-state index in [9.17, 15) is 14.4 Å². The summed E-state index contributed by atoms with van der Waals surface area (Å²) in [6.07, 6.45) is 2.72. The zero-order valence-corrected chi connectivity index (χ0v) is 16.0. The average molecular weight is 408 g/mol. The second-order valence-corrected chi connectivity index (χ2v) is 7.02. The van der Waals surface area contributed by atoms with Gasteiger partial charge in [-0.25, -0.2) is 19.6 Å². The molecule has 0 radical (unpaired) electrons. The molecule has 1 aromatic heterocycles. The van der Waals surface area contributed by atoms with Crippen LogP contribution in [0.2, 0.25) is 0 Å². The SMILES string of the molecule is O=C(O)NC1CCN(c2nccc(C=C3C(=O)NC(=O)N3Cc3ccccc3)n2)C1. The zero-order valence-electron chi connectivity index (χ0n) is 16.0. The number of hydrogen-bond acceptors (Lipinski definition) is 6. The first-order valence-electron chi connectivity index (χ1n) is 9.45. The summed E-state index contributed by atoms with van der Waals surface area (Å²) in [4.78, 5) is 47.4. The van der Waals surface area contributed by atoms with Crippen molar-refractivity contribution in [1.82, 2.24) is 25.5 Å². The van der Waals surface area contributed by atoms with Crippen LogP contribution >= 0.6 is 0 Å². The Morgan fingerprint density at radius 1 is 1.27 bits per heavy atom. The number of urea groups is 1. The van der Waals surface area contributed by atoms with E-state index in [0.717, 1.165) is 5.56 Å². The van der Waals surface area contributed by atoms with Gasteiger partial charge in [0, 0.05) is 19.3 Å². The van der Waals surface area contributed by atoms with E-state index >= 15 is 0 Å². The quantitative estimate of drug-likeness (QED) is 0.504. The van der Waals surface area contributed by atoms with Crippen LogP contribution < -0.4 is 15.5 Å². The molecule has 0 aliphatic carbocycles. The number of rotatable bonds is 5. The number of imide groups is 1. The number of nitrogens with zero attached hydrogens (tertiary/aromatic N) is 4. The van der Waals surface area contributed by atoms with E-state index in [4.69, 9.17) is 5.11 Å². The third-order valence-electron chi connectivity index (χ3n) is 4.92. The van der Waals surface area contributed by atoms with Gasteiger partial charge in [0.15, 0.2) is 0 Å². The van der Waals surface area contributed by atoms with E-state index in [0.29, 0.717) is 31.2 Å². The fourth-order valence-electron chi connectivity index (χ4n) is 3.50. The molecule has 3 N–H and O–H groups in total. The largest absolute Gasteiger partial charge is 0.465 e. The third-order valence-corrected chi connectivity index (χ3v) is 4.92. The number of carbonyl (C=O) groups is 3. The highest BCUT2D eigenvalue weighted by atomic mass is 16.4. The summed E-state index contributed by atoms with van der Waals surface area (Å²) in [5.74, 6) is -0.0404. The van der Waals surface area contributed by atoms with Crippen LogP contribution in [0.4, 0.5) is 15.5 Å². The number of hydrogen-bond donors (Lipinski definition) is 3. The number of carboxylic acid groups (broad SMARTS) is 1. The first kappa shape index (κ1) is 19.4. The zero-order chi connectivity index (χ0) is 21.1. The van der Waals surface area contributed by atoms with Gasteiger partial charge in [-0.15, -0.1) is 0 Å². The van der Waals surface area contributed by atoms with Crippen LogP contribution in [-0.2, 0) is 11.3 Å². The van der Waals surface area contributed by atoms with Crippen LogP contribution in [0.1, 0.15) is 17.7 Å². The molecule has 30 heavy (non-hydrogen) atoms. The number of carbonyl (C=O) groups excluding carboxylic acids is 2. The first-order chi connectivity index (χ1) is 14.5. The maximum Gasteiger partial charge on any atom is 0.404 e. The van der Waals surface area contributed by atoms with Crippen LogP contribution in [-0.4, -0.2) is 57.1 Å². The Morgan fingerprint density at radius 2 is 2.07 bits per heavy atom. The van der Waals surface area contributed by atoms with Crippen molar-refractivity contribution >= 4 is 30.1 Å². The fourth-order valence-corrected chi connectivity index (χ4v) is 3.50. The maximum atomic E-state index is 12.3. The molecule has 10 nitrogen and oxygen atoms in total. The van der Waals surface area contributed by atoms with Gasteiger partial charge in [-0.2, -0.15) is 0 Å². The molecule has 2 aliphatic rings. The molecular formula is C20H20N6O4. The Hall–Kier alpha value is -3.95. The highest BCUT2D eigenvalue weighted by molar-refractivity contribution is 6.13. The smallest absolute Gasteiger partial charge is 0.404 e. The Morgan fingerprint density at radius 3 is 2.83 bits per heavy atom. The molecule has 2 saturated heterocycles. The lowest BCUT2D eigenvalue weighted by Gasteiger charge is -2.17. The fraction of sp³-hybridized carbons (Fsp3) is 0.250. The van der Waals surface area contributed by atoms with Crippen molar-refractivity contribution in [3.63, 3.8) is 0 Å². The average Bonchev–Trinajstić information content (AvgIpc) is 3.28. The van der Waals surface area contributed by atoms with Gasteiger partial charge in [-0.1, -0.05) is 30.3 Å². The van der Waals surface area contributed by atoms with E-state index in [-0.39, 0.29) is 18.3 Å². The van der Waals surface area contributed by atoms with Gasteiger partial charge in [-0.05, 0) is 24.1 Å². The van der Waals surface area contributed by atoms with Crippen molar-refractivity contribution in [1.29, 1.82) is 0 Å². The molecule has 3 heterocycles. The second-order valence-electron chi connectivity index (χ2n) is 7.02.